The Morgan fingerprint density at radius 3 is 2.14 bits per heavy atom. The van der Waals surface area contributed by atoms with Crippen LogP contribution in [-0.4, -0.2) is 30.5 Å². The Hall–Kier alpha value is 1.83. The number of hydrogen-bond donors (Lipinski definition) is 1. The molecule has 8 heteroatoms. The Balaban J connectivity index is 0.00000784. The second-order valence-corrected chi connectivity index (χ2v) is 10.2. The van der Waals surface area contributed by atoms with Crippen molar-refractivity contribution in [3.8, 4) is 0 Å². The van der Waals surface area contributed by atoms with Gasteiger partial charge >= 0.3 is 51.4 Å². The molecule has 1 N–H and O–H groups in total. The molecule has 0 saturated carbocycles. The molecule has 0 aromatic heterocycles. The molecule has 0 aromatic rings. The van der Waals surface area contributed by atoms with Gasteiger partial charge in [0.05, 0.1) is 13.2 Å². The van der Waals surface area contributed by atoms with Crippen molar-refractivity contribution in [2.75, 3.05) is 13.2 Å². The van der Waals surface area contributed by atoms with Crippen molar-refractivity contribution in [2.24, 2.45) is 0 Å². The molecule has 0 amide bonds. The first-order valence-corrected chi connectivity index (χ1v) is 13.7. The van der Waals surface area contributed by atoms with Crippen LogP contribution in [0.4, 0.5) is 0 Å². The molecule has 0 radical (unpaired) electrons. The zero-order valence-corrected chi connectivity index (χ0v) is 23.4. The molecule has 1 rings (SSSR count). The largest absolute Gasteiger partial charge is 1.00 e. The summed E-state index contributed by atoms with van der Waals surface area (Å²) in [6.45, 7) is -1.18. The van der Waals surface area contributed by atoms with Gasteiger partial charge in [-0.25, -0.2) is 0 Å². The minimum absolute atomic E-state index is 0. The molecule has 3 atom stereocenters. The minimum Gasteiger partial charge on any atom is -0.780 e. The number of unbranched alkanes of at least 4 members (excludes halogenated alkanes) is 11. The summed E-state index contributed by atoms with van der Waals surface area (Å²) >= 11 is 4.31. The quantitative estimate of drug-likeness (QED) is 0.142. The maximum atomic E-state index is 10.9. The fraction of sp³-hybridized carbons (Fsp3) is 0.905. The summed E-state index contributed by atoms with van der Waals surface area (Å²) in [5, 5.41) is 0. The average Bonchev–Trinajstić information content (AvgIpc) is 3.10. The summed E-state index contributed by atoms with van der Waals surface area (Å²) in [4.78, 5) is 19.9. The van der Waals surface area contributed by atoms with Gasteiger partial charge in [0.15, 0.2) is 6.29 Å². The third-order valence-electron chi connectivity index (χ3n) is 4.94. The van der Waals surface area contributed by atoms with Crippen LogP contribution in [0.15, 0.2) is 12.2 Å². The van der Waals surface area contributed by atoms with E-state index in [2.05, 4.69) is 30.9 Å². The van der Waals surface area contributed by atoms with Crippen molar-refractivity contribution in [2.45, 2.75) is 109 Å². The molecule has 1 aliphatic heterocycles. The first kappa shape index (κ1) is 30.8. The standard InChI is InChI=1S/C21H41O5PS.K/c1-2-3-4-5-6-7-8-9-10-11-12-13-14-15-16-17-21-24-18-20(26-21)19-25-27(22,23)28;/h9-10,20-21H,2-8,11-19H2,1H3,(H2,22,23,28);/q;+1/p-1/b10-9-;/t20-,21-;/m0./s1. The van der Waals surface area contributed by atoms with Crippen LogP contribution >= 0.6 is 6.72 Å². The molecule has 1 aliphatic rings. The monoisotopic (exact) mass is 474 g/mol. The van der Waals surface area contributed by atoms with E-state index < -0.39 is 6.72 Å². The zero-order chi connectivity index (χ0) is 20.5. The predicted octanol–water partition coefficient (Wildman–Crippen LogP) is 2.36. The van der Waals surface area contributed by atoms with Crippen molar-refractivity contribution < 1.29 is 75.2 Å². The Kier molecular flexibility index (Phi) is 21.7. The van der Waals surface area contributed by atoms with Gasteiger partial charge in [-0.05, 0) is 38.5 Å². The average molecular weight is 475 g/mol. The summed E-state index contributed by atoms with van der Waals surface area (Å²) < 4.78 is 15.9. The second-order valence-electron chi connectivity index (χ2n) is 7.66. The van der Waals surface area contributed by atoms with Gasteiger partial charge in [-0.3, -0.25) is 0 Å². The summed E-state index contributed by atoms with van der Waals surface area (Å²) in [7, 11) is 0. The van der Waals surface area contributed by atoms with Gasteiger partial charge in [0, 0.05) is 0 Å². The molecule has 5 nitrogen and oxygen atoms in total. The van der Waals surface area contributed by atoms with Crippen molar-refractivity contribution in [3.63, 3.8) is 0 Å². The summed E-state index contributed by atoms with van der Waals surface area (Å²) in [5.74, 6) is 0. The van der Waals surface area contributed by atoms with Crippen LogP contribution < -0.4 is 56.3 Å². The van der Waals surface area contributed by atoms with Gasteiger partial charge < -0.3 is 23.8 Å². The van der Waals surface area contributed by atoms with Crippen molar-refractivity contribution in [3.05, 3.63) is 12.2 Å². The van der Waals surface area contributed by atoms with E-state index >= 15 is 0 Å². The van der Waals surface area contributed by atoms with Gasteiger partial charge in [0.1, 0.15) is 12.8 Å². The minimum atomic E-state index is -3.85. The van der Waals surface area contributed by atoms with E-state index in [0.717, 1.165) is 12.8 Å². The Morgan fingerprint density at radius 2 is 1.55 bits per heavy atom. The van der Waals surface area contributed by atoms with Crippen LogP contribution in [-0.2, 0) is 25.8 Å². The van der Waals surface area contributed by atoms with Crippen molar-refractivity contribution >= 4 is 18.5 Å². The summed E-state index contributed by atoms with van der Waals surface area (Å²) in [5.41, 5.74) is 0. The second kappa shape index (κ2) is 20.4. The number of ether oxygens (including phenoxy) is 2. The number of rotatable bonds is 18. The van der Waals surface area contributed by atoms with Crippen LogP contribution in [0.2, 0.25) is 0 Å². The molecule has 1 fully saturated rings. The van der Waals surface area contributed by atoms with Gasteiger partial charge in [-0.1, -0.05) is 82.2 Å². The third kappa shape index (κ3) is 20.2. The first-order chi connectivity index (χ1) is 13.5. The first-order valence-electron chi connectivity index (χ1n) is 11.1. The molecule has 0 bridgehead atoms. The van der Waals surface area contributed by atoms with Crippen molar-refractivity contribution in [1.82, 2.24) is 0 Å². The molecule has 0 spiro atoms. The normalized spacial score (nSPS) is 21.3. The SMILES string of the molecule is CCCCCCCC/C=C\CCCCCCC[C@H]1OC[C@@H](COP([O-])(O)=S)O1.[K+]. The van der Waals surface area contributed by atoms with E-state index in [4.69, 9.17) is 18.9 Å². The maximum Gasteiger partial charge on any atom is 1.00 e. The molecular weight excluding hydrogens is 434 g/mol. The fourth-order valence-corrected chi connectivity index (χ4v) is 3.84. The van der Waals surface area contributed by atoms with E-state index in [9.17, 15) is 4.89 Å². The van der Waals surface area contributed by atoms with Crippen molar-refractivity contribution in [1.29, 1.82) is 0 Å². The van der Waals surface area contributed by atoms with Crippen LogP contribution in [0.5, 0.6) is 0 Å². The third-order valence-corrected chi connectivity index (χ3v) is 5.73. The molecule has 166 valence electrons. The molecule has 1 heterocycles. The smallest absolute Gasteiger partial charge is 0.780 e. The molecule has 0 aliphatic carbocycles. The van der Waals surface area contributed by atoms with Gasteiger partial charge in [0.2, 0.25) is 0 Å². The zero-order valence-electron chi connectivity index (χ0n) is 18.6. The number of allylic oxidation sites excluding steroid dienone is 2. The number of hydrogen-bond acceptors (Lipinski definition) is 5. The maximum absolute atomic E-state index is 10.9. The molecule has 0 aromatic carbocycles. The summed E-state index contributed by atoms with van der Waals surface area (Å²) in [6.07, 6.45) is 21.8. The van der Waals surface area contributed by atoms with Crippen LogP contribution in [0, 0.1) is 0 Å². The van der Waals surface area contributed by atoms with Gasteiger partial charge in [-0.2, -0.15) is 0 Å². The van der Waals surface area contributed by atoms with E-state index in [1.807, 2.05) is 0 Å². The van der Waals surface area contributed by atoms with Crippen LogP contribution in [0.1, 0.15) is 96.8 Å². The molecule has 1 unspecified atom stereocenters. The summed E-state index contributed by atoms with van der Waals surface area (Å²) in [6, 6.07) is 0. The van der Waals surface area contributed by atoms with E-state index in [1.165, 1.54) is 77.0 Å². The van der Waals surface area contributed by atoms with Gasteiger partial charge in [-0.15, -0.1) is 0 Å². The topological polar surface area (TPSA) is 71.0 Å². The Labute approximate surface area is 226 Å². The Bertz CT molecular complexity index is 447. The Morgan fingerprint density at radius 1 is 1.00 bits per heavy atom. The molecule has 29 heavy (non-hydrogen) atoms. The predicted molar refractivity (Wildman–Crippen MR) is 117 cm³/mol. The van der Waals surface area contributed by atoms with Gasteiger partial charge in [0.25, 0.3) is 0 Å². The molecule has 1 saturated heterocycles. The molecular formula is C21H40KO5PS. The van der Waals surface area contributed by atoms with Crippen LogP contribution in [0.3, 0.4) is 0 Å². The van der Waals surface area contributed by atoms with E-state index in [1.54, 1.807) is 0 Å². The fourth-order valence-electron chi connectivity index (χ4n) is 3.31. The van der Waals surface area contributed by atoms with E-state index in [-0.39, 0.29) is 70.4 Å². The van der Waals surface area contributed by atoms with E-state index in [0.29, 0.717) is 6.61 Å². The van der Waals surface area contributed by atoms with Crippen LogP contribution in [0.25, 0.3) is 0 Å².